The van der Waals surface area contributed by atoms with Gasteiger partial charge in [-0.1, -0.05) is 20.8 Å². The Morgan fingerprint density at radius 2 is 2.03 bits per heavy atom. The molecule has 3 heterocycles. The van der Waals surface area contributed by atoms with E-state index in [1.807, 2.05) is 13.8 Å². The lowest BCUT2D eigenvalue weighted by Crippen LogP contribution is -2.54. The van der Waals surface area contributed by atoms with Gasteiger partial charge in [-0.15, -0.1) is 0 Å². The van der Waals surface area contributed by atoms with Crippen molar-refractivity contribution in [1.82, 2.24) is 4.98 Å². The molecule has 2 aliphatic rings. The average molecular weight is 427 g/mol. The van der Waals surface area contributed by atoms with E-state index in [1.54, 1.807) is 20.8 Å². The lowest BCUT2D eigenvalue weighted by Gasteiger charge is -2.38. The van der Waals surface area contributed by atoms with Crippen LogP contribution in [0.4, 0.5) is 18.9 Å². The minimum absolute atomic E-state index is 0.0995. The SMILES string of the molecule is CC.C[C@@H]1[C@H](C(=O)N(C=O)c2cnc(C#N)c(C(F)(F)F)c2)C2(C)OC1(C)CC2O. The van der Waals surface area contributed by atoms with Gasteiger partial charge in [-0.2, -0.15) is 18.4 Å². The number of rotatable bonds is 3. The van der Waals surface area contributed by atoms with Crippen LogP contribution >= 0.6 is 0 Å². The van der Waals surface area contributed by atoms with E-state index in [9.17, 15) is 27.9 Å². The number of pyridine rings is 1. The average Bonchev–Trinajstić information content (AvgIpc) is 3.04. The highest BCUT2D eigenvalue weighted by Crippen LogP contribution is 2.57. The second kappa shape index (κ2) is 7.96. The van der Waals surface area contributed by atoms with E-state index in [0.29, 0.717) is 17.4 Å². The molecule has 2 aliphatic heterocycles. The van der Waals surface area contributed by atoms with Crippen molar-refractivity contribution in [2.75, 3.05) is 4.90 Å². The van der Waals surface area contributed by atoms with Crippen LogP contribution in [0.3, 0.4) is 0 Å². The molecule has 10 heteroatoms. The lowest BCUT2D eigenvalue weighted by atomic mass is 9.66. The van der Waals surface area contributed by atoms with Crippen molar-refractivity contribution in [3.63, 3.8) is 0 Å². The standard InChI is InChI=1S/C18H18F3N3O4.C2H6/c1-9-14(17(3)13(26)5-16(9,2)28-17)15(27)24(8-25)10-4-11(18(19,20)21)12(6-22)23-7-10;1-2/h4,7-9,13-14,26H,5H2,1-3H3;1-2H3/t9-,13?,14-,16?,17?;/m1./s1. The van der Waals surface area contributed by atoms with Gasteiger partial charge in [-0.3, -0.25) is 14.5 Å². The summed E-state index contributed by atoms with van der Waals surface area (Å²) in [5.41, 5.74) is -4.67. The number of nitrogens with zero attached hydrogens (tertiary/aromatic N) is 3. The normalized spacial score (nSPS) is 32.1. The molecule has 2 saturated heterocycles. The van der Waals surface area contributed by atoms with Gasteiger partial charge in [0.15, 0.2) is 5.69 Å². The minimum Gasteiger partial charge on any atom is -0.390 e. The molecule has 1 aromatic heterocycles. The summed E-state index contributed by atoms with van der Waals surface area (Å²) < 4.78 is 45.5. The molecule has 30 heavy (non-hydrogen) atoms. The van der Waals surface area contributed by atoms with Crippen molar-refractivity contribution in [3.8, 4) is 6.07 Å². The molecule has 0 aliphatic carbocycles. The number of imide groups is 1. The number of nitriles is 1. The van der Waals surface area contributed by atoms with Crippen LogP contribution in [0.15, 0.2) is 12.3 Å². The second-order valence-corrected chi connectivity index (χ2v) is 7.60. The zero-order valence-corrected chi connectivity index (χ0v) is 17.3. The molecular weight excluding hydrogens is 403 g/mol. The van der Waals surface area contributed by atoms with Crippen molar-refractivity contribution in [2.24, 2.45) is 11.8 Å². The Morgan fingerprint density at radius 3 is 2.50 bits per heavy atom. The summed E-state index contributed by atoms with van der Waals surface area (Å²) in [6.07, 6.45) is -4.57. The second-order valence-electron chi connectivity index (χ2n) is 7.60. The van der Waals surface area contributed by atoms with E-state index < -0.39 is 52.3 Å². The molecule has 1 N–H and O–H groups in total. The number of hydrogen-bond acceptors (Lipinski definition) is 6. The quantitative estimate of drug-likeness (QED) is 0.744. The van der Waals surface area contributed by atoms with Gasteiger partial charge in [-0.05, 0) is 25.8 Å². The molecule has 0 radical (unpaired) electrons. The molecule has 3 rings (SSSR count). The summed E-state index contributed by atoms with van der Waals surface area (Å²) >= 11 is 0. The van der Waals surface area contributed by atoms with Gasteiger partial charge < -0.3 is 9.84 Å². The summed E-state index contributed by atoms with van der Waals surface area (Å²) in [4.78, 5) is 28.7. The molecule has 164 valence electrons. The summed E-state index contributed by atoms with van der Waals surface area (Å²) in [5.74, 6) is -2.13. The van der Waals surface area contributed by atoms with Crippen LogP contribution in [0.1, 0.15) is 52.3 Å². The molecule has 7 nitrogen and oxygen atoms in total. The van der Waals surface area contributed by atoms with Gasteiger partial charge in [0.2, 0.25) is 12.3 Å². The lowest BCUT2D eigenvalue weighted by molar-refractivity contribution is -0.138. The highest BCUT2D eigenvalue weighted by atomic mass is 19.4. The molecule has 3 unspecified atom stereocenters. The number of aliphatic hydroxyl groups is 1. The molecule has 2 amide bonds. The van der Waals surface area contributed by atoms with Gasteiger partial charge in [0.25, 0.3) is 0 Å². The first-order valence-electron chi connectivity index (χ1n) is 9.53. The van der Waals surface area contributed by atoms with E-state index in [1.165, 1.54) is 6.07 Å². The molecule has 0 spiro atoms. The number of fused-ring (bicyclic) bond motifs is 2. The smallest absolute Gasteiger partial charge is 0.390 e. The third-order valence-electron chi connectivity index (χ3n) is 5.97. The van der Waals surface area contributed by atoms with E-state index >= 15 is 0 Å². The first kappa shape index (κ1) is 23.8. The van der Waals surface area contributed by atoms with E-state index in [2.05, 4.69) is 4.98 Å². The van der Waals surface area contributed by atoms with E-state index in [0.717, 1.165) is 6.20 Å². The monoisotopic (exact) mass is 427 g/mol. The number of carbonyl (C=O) groups excluding carboxylic acids is 2. The fourth-order valence-electron chi connectivity index (χ4n) is 4.34. The maximum Gasteiger partial charge on any atom is 0.419 e. The fraction of sp³-hybridized carbons (Fsp3) is 0.600. The van der Waals surface area contributed by atoms with Gasteiger partial charge in [-0.25, -0.2) is 4.98 Å². The Bertz CT molecular complexity index is 885. The highest BCUT2D eigenvalue weighted by molar-refractivity contribution is 6.08. The third kappa shape index (κ3) is 3.56. The molecule has 2 fully saturated rings. The molecule has 2 bridgehead atoms. The summed E-state index contributed by atoms with van der Waals surface area (Å²) in [6, 6.07) is 1.88. The number of aliphatic hydroxyl groups excluding tert-OH is 1. The maximum absolute atomic E-state index is 13.2. The predicted octanol–water partition coefficient (Wildman–Crippen LogP) is 3.05. The number of halogens is 3. The fourth-order valence-corrected chi connectivity index (χ4v) is 4.34. The number of ether oxygens (including phenoxy) is 1. The summed E-state index contributed by atoms with van der Waals surface area (Å²) in [6.45, 7) is 9.03. The number of amides is 2. The van der Waals surface area contributed by atoms with E-state index in [4.69, 9.17) is 10.00 Å². The molecule has 0 saturated carbocycles. The van der Waals surface area contributed by atoms with Crippen LogP contribution in [0.25, 0.3) is 0 Å². The first-order valence-corrected chi connectivity index (χ1v) is 9.53. The van der Waals surface area contributed by atoms with Crippen molar-refractivity contribution in [3.05, 3.63) is 23.5 Å². The first-order chi connectivity index (χ1) is 13.9. The van der Waals surface area contributed by atoms with Gasteiger partial charge in [0.05, 0.1) is 35.1 Å². The Balaban J connectivity index is 0.00000155. The van der Waals surface area contributed by atoms with Gasteiger partial charge in [0.1, 0.15) is 11.7 Å². The Hall–Kier alpha value is -2.51. The molecular formula is C20H24F3N3O4. The number of carbonyl (C=O) groups is 2. The topological polar surface area (TPSA) is 104 Å². The van der Waals surface area contributed by atoms with Crippen LogP contribution in [0.2, 0.25) is 0 Å². The number of alkyl halides is 3. The van der Waals surface area contributed by atoms with Crippen LogP contribution in [0, 0.1) is 23.2 Å². The van der Waals surface area contributed by atoms with Crippen LogP contribution in [-0.2, 0) is 20.5 Å². The predicted molar refractivity (Wildman–Crippen MR) is 100 cm³/mol. The van der Waals surface area contributed by atoms with Crippen molar-refractivity contribution in [2.45, 2.75) is 64.5 Å². The molecule has 1 aromatic rings. The number of anilines is 1. The van der Waals surface area contributed by atoms with Gasteiger partial charge in [0, 0.05) is 6.42 Å². The van der Waals surface area contributed by atoms with Crippen LogP contribution in [0.5, 0.6) is 0 Å². The Morgan fingerprint density at radius 1 is 1.43 bits per heavy atom. The van der Waals surface area contributed by atoms with Crippen molar-refractivity contribution in [1.29, 1.82) is 5.26 Å². The third-order valence-corrected chi connectivity index (χ3v) is 5.97. The van der Waals surface area contributed by atoms with Crippen LogP contribution < -0.4 is 4.90 Å². The summed E-state index contributed by atoms with van der Waals surface area (Å²) in [7, 11) is 0. The maximum atomic E-state index is 13.2. The molecule has 0 aromatic carbocycles. The van der Waals surface area contributed by atoms with Crippen molar-refractivity contribution >= 4 is 18.0 Å². The van der Waals surface area contributed by atoms with Crippen LogP contribution in [-0.4, -0.2) is 39.7 Å². The highest BCUT2D eigenvalue weighted by Gasteiger charge is 2.68. The largest absolute Gasteiger partial charge is 0.419 e. The Labute approximate surface area is 172 Å². The Kier molecular flexibility index (Phi) is 6.31. The zero-order chi connectivity index (χ0) is 23.1. The zero-order valence-electron chi connectivity index (χ0n) is 17.3. The van der Waals surface area contributed by atoms with Gasteiger partial charge >= 0.3 is 6.18 Å². The number of aromatic nitrogens is 1. The molecule has 5 atom stereocenters. The van der Waals surface area contributed by atoms with Crippen molar-refractivity contribution < 1.29 is 32.6 Å². The number of hydrogen-bond donors (Lipinski definition) is 1. The summed E-state index contributed by atoms with van der Waals surface area (Å²) in [5, 5.41) is 19.2. The van der Waals surface area contributed by atoms with E-state index in [-0.39, 0.29) is 12.3 Å². The minimum atomic E-state index is -4.88.